The molecule has 0 unspecified atom stereocenters. The molecule has 2 aromatic carbocycles. The molecule has 0 N–H and O–H groups in total. The summed E-state index contributed by atoms with van der Waals surface area (Å²) >= 11 is 8.37. The number of hydrogen-bond acceptors (Lipinski definition) is 5. The number of hydrogen-bond donors (Lipinski definition) is 0. The van der Waals surface area contributed by atoms with Gasteiger partial charge in [-0.2, -0.15) is 0 Å². The molecule has 136 valence electrons. The number of nitrogens with zero attached hydrogens (tertiary/aromatic N) is 1. The van der Waals surface area contributed by atoms with Crippen LogP contribution in [0.25, 0.3) is 6.08 Å². The van der Waals surface area contributed by atoms with Gasteiger partial charge in [-0.3, -0.25) is 0 Å². The molecule has 0 amide bonds. The van der Waals surface area contributed by atoms with Gasteiger partial charge < -0.3 is 14.2 Å². The van der Waals surface area contributed by atoms with Crippen LogP contribution in [0.5, 0.6) is 11.5 Å². The molecule has 0 aromatic heterocycles. The zero-order valence-electron chi connectivity index (χ0n) is 14.2. The summed E-state index contributed by atoms with van der Waals surface area (Å²) in [5, 5.41) is 0.482. The average molecular weight is 494 g/mol. The van der Waals surface area contributed by atoms with Gasteiger partial charge in [0.1, 0.15) is 0 Å². The zero-order chi connectivity index (χ0) is 19.0. The van der Waals surface area contributed by atoms with Crippen molar-refractivity contribution in [3.05, 3.63) is 73.5 Å². The van der Waals surface area contributed by atoms with E-state index in [0.29, 0.717) is 16.3 Å². The van der Waals surface area contributed by atoms with Crippen molar-refractivity contribution in [1.29, 1.82) is 0 Å². The molecule has 0 saturated carbocycles. The van der Waals surface area contributed by atoms with E-state index in [4.69, 9.17) is 25.8 Å². The number of allylic oxidation sites excluding steroid dienone is 2. The van der Waals surface area contributed by atoms with Gasteiger partial charge in [-0.15, -0.1) is 0 Å². The summed E-state index contributed by atoms with van der Waals surface area (Å²) in [6, 6.07) is 11.1. The molecule has 2 aliphatic rings. The van der Waals surface area contributed by atoms with E-state index in [0.717, 1.165) is 20.5 Å². The highest BCUT2D eigenvalue weighted by Crippen LogP contribution is 2.33. The first-order chi connectivity index (χ1) is 13.0. The molecular formula is C20H13ClINO4. The molecule has 0 saturated heterocycles. The lowest BCUT2D eigenvalue weighted by Gasteiger charge is -2.02. The molecule has 0 fully saturated rings. The van der Waals surface area contributed by atoms with Crippen LogP contribution in [0.3, 0.4) is 0 Å². The quantitative estimate of drug-likeness (QED) is 0.344. The molecule has 2 heterocycles. The van der Waals surface area contributed by atoms with Gasteiger partial charge in [0.25, 0.3) is 0 Å². The molecular weight excluding hydrogens is 481 g/mol. The van der Waals surface area contributed by atoms with Gasteiger partial charge in [0, 0.05) is 3.57 Å². The summed E-state index contributed by atoms with van der Waals surface area (Å²) in [7, 11) is 0. The zero-order valence-corrected chi connectivity index (χ0v) is 17.1. The van der Waals surface area contributed by atoms with Crippen LogP contribution in [-0.2, 0) is 9.53 Å². The first-order valence-electron chi connectivity index (χ1n) is 8.05. The molecule has 2 aromatic rings. The van der Waals surface area contributed by atoms with Gasteiger partial charge in [0.05, 0.1) is 10.6 Å². The number of cyclic esters (lactones) is 1. The molecule has 5 nitrogen and oxygen atoms in total. The Balaban J connectivity index is 1.62. The van der Waals surface area contributed by atoms with Crippen LogP contribution < -0.4 is 9.47 Å². The van der Waals surface area contributed by atoms with Crippen LogP contribution in [0, 0.1) is 3.57 Å². The summed E-state index contributed by atoms with van der Waals surface area (Å²) in [6.45, 7) is 2.12. The summed E-state index contributed by atoms with van der Waals surface area (Å²) in [6.07, 6.45) is 3.61. The maximum Gasteiger partial charge on any atom is 0.363 e. The lowest BCUT2D eigenvalue weighted by atomic mass is 10.1. The maximum atomic E-state index is 12.2. The normalized spacial score (nSPS) is 17.3. The van der Waals surface area contributed by atoms with E-state index in [1.807, 2.05) is 43.3 Å². The fourth-order valence-electron chi connectivity index (χ4n) is 2.71. The number of carbonyl (C=O) groups is 1. The monoisotopic (exact) mass is 493 g/mol. The first-order valence-corrected chi connectivity index (χ1v) is 9.51. The van der Waals surface area contributed by atoms with E-state index in [-0.39, 0.29) is 18.4 Å². The molecule has 0 spiro atoms. The minimum atomic E-state index is -0.502. The minimum Gasteiger partial charge on any atom is -0.454 e. The third kappa shape index (κ3) is 3.86. The van der Waals surface area contributed by atoms with Gasteiger partial charge in [-0.25, -0.2) is 9.79 Å². The molecule has 0 radical (unpaired) electrons. The number of ether oxygens (including phenoxy) is 3. The number of fused-ring (bicyclic) bond motifs is 1. The van der Waals surface area contributed by atoms with Gasteiger partial charge in [0.15, 0.2) is 17.2 Å². The lowest BCUT2D eigenvalue weighted by molar-refractivity contribution is -0.130. The van der Waals surface area contributed by atoms with Crippen molar-refractivity contribution in [3.8, 4) is 11.5 Å². The van der Waals surface area contributed by atoms with E-state index in [1.54, 1.807) is 12.1 Å². The first kappa shape index (κ1) is 18.1. The molecule has 0 aliphatic carbocycles. The lowest BCUT2D eigenvalue weighted by Crippen LogP contribution is -2.06. The van der Waals surface area contributed by atoms with Gasteiger partial charge in [0.2, 0.25) is 12.7 Å². The Morgan fingerprint density at radius 2 is 2.00 bits per heavy atom. The number of halogens is 2. The second kappa shape index (κ2) is 7.36. The van der Waals surface area contributed by atoms with Gasteiger partial charge in [-0.05, 0) is 77.1 Å². The SMILES string of the molecule is CC(=C\c1ccc2c(c1)OCO2)/C=C1/N=C(c2cc(I)ccc2Cl)OC1=O. The molecule has 0 atom stereocenters. The Morgan fingerprint density at radius 3 is 2.85 bits per heavy atom. The molecule has 0 bridgehead atoms. The fraction of sp³-hybridized carbons (Fsp3) is 0.100. The number of aliphatic imine (C=N–C) groups is 1. The van der Waals surface area contributed by atoms with Crippen LogP contribution in [0.4, 0.5) is 0 Å². The smallest absolute Gasteiger partial charge is 0.363 e. The van der Waals surface area contributed by atoms with Crippen molar-refractivity contribution in [2.45, 2.75) is 6.92 Å². The Labute approximate surface area is 174 Å². The highest BCUT2D eigenvalue weighted by Gasteiger charge is 2.25. The summed E-state index contributed by atoms with van der Waals surface area (Å²) in [4.78, 5) is 16.5. The topological polar surface area (TPSA) is 57.1 Å². The van der Waals surface area contributed by atoms with Gasteiger partial charge in [-0.1, -0.05) is 23.7 Å². The molecule has 2 aliphatic heterocycles. The second-order valence-corrected chi connectivity index (χ2v) is 7.61. The van der Waals surface area contributed by atoms with Gasteiger partial charge >= 0.3 is 5.97 Å². The van der Waals surface area contributed by atoms with Crippen molar-refractivity contribution >= 4 is 52.1 Å². The van der Waals surface area contributed by atoms with E-state index in [1.165, 1.54) is 0 Å². The number of carbonyl (C=O) groups excluding carboxylic acids is 1. The number of esters is 1. The van der Waals surface area contributed by atoms with Crippen LogP contribution in [0.15, 0.2) is 58.7 Å². The standard InChI is InChI=1S/C20H13ClINO4/c1-11(6-12-2-5-17-18(8-12)26-10-25-17)7-16-20(24)27-19(23-16)14-9-13(22)3-4-15(14)21/h2-9H,10H2,1H3/b11-6+,16-7+. The minimum absolute atomic E-state index is 0.214. The Morgan fingerprint density at radius 1 is 1.19 bits per heavy atom. The Bertz CT molecular complexity index is 1040. The predicted molar refractivity (Wildman–Crippen MR) is 111 cm³/mol. The van der Waals surface area contributed by atoms with Crippen LogP contribution in [0.2, 0.25) is 5.02 Å². The Kier molecular flexibility index (Phi) is 4.92. The third-order valence-corrected chi connectivity index (χ3v) is 4.94. The van der Waals surface area contributed by atoms with Crippen molar-refractivity contribution < 1.29 is 19.0 Å². The maximum absolute atomic E-state index is 12.2. The molecule has 4 rings (SSSR count). The summed E-state index contributed by atoms with van der Waals surface area (Å²) in [5.41, 5.74) is 2.61. The summed E-state index contributed by atoms with van der Waals surface area (Å²) < 4.78 is 17.0. The number of benzene rings is 2. The van der Waals surface area contributed by atoms with E-state index < -0.39 is 5.97 Å². The van der Waals surface area contributed by atoms with Crippen molar-refractivity contribution in [3.63, 3.8) is 0 Å². The Hall–Kier alpha value is -2.32. The van der Waals surface area contributed by atoms with E-state index in [9.17, 15) is 4.79 Å². The van der Waals surface area contributed by atoms with Crippen molar-refractivity contribution in [2.75, 3.05) is 6.79 Å². The highest BCUT2D eigenvalue weighted by atomic mass is 127. The largest absolute Gasteiger partial charge is 0.454 e. The third-order valence-electron chi connectivity index (χ3n) is 3.93. The fourth-order valence-corrected chi connectivity index (χ4v) is 3.40. The van der Waals surface area contributed by atoms with Crippen LogP contribution >= 0.6 is 34.2 Å². The average Bonchev–Trinajstić information content (AvgIpc) is 3.23. The van der Waals surface area contributed by atoms with Crippen LogP contribution in [-0.4, -0.2) is 18.7 Å². The van der Waals surface area contributed by atoms with Crippen molar-refractivity contribution in [2.24, 2.45) is 4.99 Å². The predicted octanol–water partition coefficient (Wildman–Crippen LogP) is 4.96. The highest BCUT2D eigenvalue weighted by molar-refractivity contribution is 14.1. The molecule has 7 heteroatoms. The second-order valence-electron chi connectivity index (χ2n) is 5.96. The van der Waals surface area contributed by atoms with E-state index in [2.05, 4.69) is 27.6 Å². The molecule has 27 heavy (non-hydrogen) atoms. The van der Waals surface area contributed by atoms with Crippen LogP contribution in [0.1, 0.15) is 18.1 Å². The number of rotatable bonds is 3. The van der Waals surface area contributed by atoms with Crippen molar-refractivity contribution in [1.82, 2.24) is 0 Å². The van der Waals surface area contributed by atoms with E-state index >= 15 is 0 Å². The summed E-state index contributed by atoms with van der Waals surface area (Å²) in [5.74, 6) is 1.15.